The number of carbonyl (C=O) groups is 1. The van der Waals surface area contributed by atoms with Gasteiger partial charge in [-0.15, -0.1) is 0 Å². The second kappa shape index (κ2) is 6.83. The zero-order valence-corrected chi connectivity index (χ0v) is 16.6. The Labute approximate surface area is 159 Å². The van der Waals surface area contributed by atoms with Gasteiger partial charge in [0, 0.05) is 6.20 Å². The van der Waals surface area contributed by atoms with Crippen molar-refractivity contribution in [1.29, 1.82) is 0 Å². The summed E-state index contributed by atoms with van der Waals surface area (Å²) in [5.74, 6) is 0.644. The number of ether oxygens (including phenoxy) is 2. The highest BCUT2D eigenvalue weighted by Gasteiger charge is 2.64. The van der Waals surface area contributed by atoms with Crippen LogP contribution in [0.25, 0.3) is 0 Å². The Hall–Kier alpha value is -1.63. The quantitative estimate of drug-likeness (QED) is 0.599. The summed E-state index contributed by atoms with van der Waals surface area (Å²) in [6.45, 7) is 11.9. The minimum Gasteiger partial charge on any atom is -0.462 e. The highest BCUT2D eigenvalue weighted by atomic mass is 35.5. The molecule has 0 aromatic carbocycles. The van der Waals surface area contributed by atoms with E-state index in [-0.39, 0.29) is 16.9 Å². The number of anilines is 1. The van der Waals surface area contributed by atoms with E-state index >= 15 is 0 Å². The molecule has 3 rings (SSSR count). The lowest BCUT2D eigenvalue weighted by Crippen LogP contribution is -2.37. The van der Waals surface area contributed by atoms with Crippen LogP contribution in [0.4, 0.5) is 5.82 Å². The number of hydrazine groups is 1. The highest BCUT2D eigenvalue weighted by Crippen LogP contribution is 2.68. The van der Waals surface area contributed by atoms with Crippen LogP contribution < -0.4 is 10.4 Å². The molecule has 1 unspecified atom stereocenters. The first-order chi connectivity index (χ1) is 12.2. The van der Waals surface area contributed by atoms with Gasteiger partial charge < -0.3 is 9.47 Å². The van der Waals surface area contributed by atoms with Gasteiger partial charge in [-0.2, -0.15) is 5.43 Å². The van der Waals surface area contributed by atoms with Crippen LogP contribution in [-0.4, -0.2) is 30.4 Å². The average molecular weight is 380 g/mol. The van der Waals surface area contributed by atoms with E-state index < -0.39 is 5.97 Å². The average Bonchev–Trinajstić information content (AvgIpc) is 2.92. The van der Waals surface area contributed by atoms with Crippen LogP contribution in [0.5, 0.6) is 0 Å². The van der Waals surface area contributed by atoms with Crippen LogP contribution in [0, 0.1) is 16.7 Å². The summed E-state index contributed by atoms with van der Waals surface area (Å²) < 4.78 is 11.0. The fourth-order valence-corrected chi connectivity index (χ4v) is 3.72. The molecule has 142 valence electrons. The standard InChI is InChI=1S/C19H26ClN3O3/c1-6-25-17(24)12-7-8-14(21-16(12)20)23-10-9-15(22-23)26-11-13-18(2,3)19(13,4)5/h7-10,13,15,22H,6,11H2,1-5H3. The zero-order valence-electron chi connectivity index (χ0n) is 15.9. The van der Waals surface area contributed by atoms with Gasteiger partial charge in [0.2, 0.25) is 0 Å². The molecule has 7 heteroatoms. The number of rotatable bonds is 6. The first kappa shape index (κ1) is 19.1. The van der Waals surface area contributed by atoms with Crippen molar-refractivity contribution in [1.82, 2.24) is 10.4 Å². The summed E-state index contributed by atoms with van der Waals surface area (Å²) in [7, 11) is 0. The molecule has 1 fully saturated rings. The topological polar surface area (TPSA) is 63.7 Å². The van der Waals surface area contributed by atoms with Gasteiger partial charge in [0.1, 0.15) is 17.2 Å². The molecule has 6 nitrogen and oxygen atoms in total. The molecule has 1 aromatic rings. The maximum absolute atomic E-state index is 11.8. The molecule has 26 heavy (non-hydrogen) atoms. The zero-order chi connectivity index (χ0) is 19.1. The normalized spacial score (nSPS) is 23.3. The second-order valence-corrected chi connectivity index (χ2v) is 8.18. The Morgan fingerprint density at radius 2 is 2.00 bits per heavy atom. The van der Waals surface area contributed by atoms with Gasteiger partial charge >= 0.3 is 5.97 Å². The van der Waals surface area contributed by atoms with Crippen molar-refractivity contribution in [2.75, 3.05) is 18.2 Å². The van der Waals surface area contributed by atoms with Crippen LogP contribution in [-0.2, 0) is 9.47 Å². The summed E-state index contributed by atoms with van der Waals surface area (Å²) >= 11 is 6.13. The predicted molar refractivity (Wildman–Crippen MR) is 101 cm³/mol. The smallest absolute Gasteiger partial charge is 0.341 e. The molecule has 0 spiro atoms. The number of carbonyl (C=O) groups excluding carboxylic acids is 1. The Kier molecular flexibility index (Phi) is 5.03. The van der Waals surface area contributed by atoms with E-state index in [0.717, 1.165) is 0 Å². The third kappa shape index (κ3) is 3.33. The number of aromatic nitrogens is 1. The van der Waals surface area contributed by atoms with E-state index in [4.69, 9.17) is 21.1 Å². The van der Waals surface area contributed by atoms with Gasteiger partial charge in [-0.25, -0.2) is 9.78 Å². The van der Waals surface area contributed by atoms with Crippen molar-refractivity contribution < 1.29 is 14.3 Å². The largest absolute Gasteiger partial charge is 0.462 e. The lowest BCUT2D eigenvalue weighted by molar-refractivity contribution is 0.0515. The lowest BCUT2D eigenvalue weighted by atomic mass is 10.0. The number of nitrogens with one attached hydrogen (secondary N) is 1. The molecule has 1 aromatic heterocycles. The van der Waals surface area contributed by atoms with E-state index in [1.54, 1.807) is 24.1 Å². The molecule has 1 aliphatic heterocycles. The molecule has 1 aliphatic carbocycles. The van der Waals surface area contributed by atoms with Crippen molar-refractivity contribution in [3.05, 3.63) is 35.1 Å². The number of pyridine rings is 1. The molecule has 2 heterocycles. The van der Waals surface area contributed by atoms with Crippen molar-refractivity contribution in [3.8, 4) is 0 Å². The third-order valence-electron chi connectivity index (χ3n) is 6.01. The maximum Gasteiger partial charge on any atom is 0.341 e. The van der Waals surface area contributed by atoms with Crippen LogP contribution in [0.15, 0.2) is 24.4 Å². The fraction of sp³-hybridized carbons (Fsp3) is 0.579. The summed E-state index contributed by atoms with van der Waals surface area (Å²) in [5.41, 5.74) is 4.06. The van der Waals surface area contributed by atoms with Crippen molar-refractivity contribution in [2.24, 2.45) is 16.7 Å². The second-order valence-electron chi connectivity index (χ2n) is 7.82. The van der Waals surface area contributed by atoms with Crippen molar-refractivity contribution in [2.45, 2.75) is 40.8 Å². The molecule has 0 amide bonds. The summed E-state index contributed by atoms with van der Waals surface area (Å²) in [5, 5.41) is 1.84. The van der Waals surface area contributed by atoms with Gasteiger partial charge in [0.25, 0.3) is 0 Å². The van der Waals surface area contributed by atoms with Crippen LogP contribution >= 0.6 is 11.6 Å². The van der Waals surface area contributed by atoms with Crippen LogP contribution in [0.1, 0.15) is 45.0 Å². The Bertz CT molecular complexity index is 719. The predicted octanol–water partition coefficient (Wildman–Crippen LogP) is 3.77. The molecule has 0 saturated heterocycles. The summed E-state index contributed by atoms with van der Waals surface area (Å²) in [4.78, 5) is 16.1. The Morgan fingerprint density at radius 1 is 1.31 bits per heavy atom. The Balaban J connectivity index is 1.57. The minimum absolute atomic E-state index is 0.113. The lowest BCUT2D eigenvalue weighted by Gasteiger charge is -2.20. The third-order valence-corrected chi connectivity index (χ3v) is 6.30. The summed E-state index contributed by atoms with van der Waals surface area (Å²) in [6, 6.07) is 3.33. The molecular formula is C19H26ClN3O3. The minimum atomic E-state index is -0.475. The number of nitrogens with zero attached hydrogens (tertiary/aromatic N) is 2. The van der Waals surface area contributed by atoms with E-state index in [1.165, 1.54) is 0 Å². The molecule has 2 aliphatic rings. The first-order valence-corrected chi connectivity index (χ1v) is 9.25. The molecular weight excluding hydrogens is 354 g/mol. The number of halogens is 1. The Morgan fingerprint density at radius 3 is 2.58 bits per heavy atom. The molecule has 0 bridgehead atoms. The van der Waals surface area contributed by atoms with Gasteiger partial charge in [-0.3, -0.25) is 5.01 Å². The van der Waals surface area contributed by atoms with Crippen molar-refractivity contribution >= 4 is 23.4 Å². The fourth-order valence-electron chi connectivity index (χ4n) is 3.49. The van der Waals surface area contributed by atoms with Gasteiger partial charge in [0.15, 0.2) is 0 Å². The monoisotopic (exact) mass is 379 g/mol. The number of hydrogen-bond acceptors (Lipinski definition) is 6. The van der Waals surface area contributed by atoms with Gasteiger partial charge in [0.05, 0.1) is 18.8 Å². The van der Waals surface area contributed by atoms with E-state index in [1.807, 2.05) is 12.3 Å². The molecule has 1 saturated carbocycles. The SMILES string of the molecule is CCOC(=O)c1ccc(N2C=CC(OCC3C(C)(C)C3(C)C)N2)nc1Cl. The maximum atomic E-state index is 11.8. The van der Waals surface area contributed by atoms with E-state index in [0.29, 0.717) is 35.8 Å². The first-order valence-electron chi connectivity index (χ1n) is 8.87. The van der Waals surface area contributed by atoms with E-state index in [2.05, 4.69) is 38.1 Å². The van der Waals surface area contributed by atoms with Crippen LogP contribution in [0.2, 0.25) is 5.15 Å². The molecule has 1 atom stereocenters. The highest BCUT2D eigenvalue weighted by molar-refractivity contribution is 6.32. The number of hydrogen-bond donors (Lipinski definition) is 1. The molecule has 0 radical (unpaired) electrons. The van der Waals surface area contributed by atoms with Gasteiger partial charge in [-0.1, -0.05) is 39.3 Å². The number of esters is 1. The van der Waals surface area contributed by atoms with Crippen molar-refractivity contribution in [3.63, 3.8) is 0 Å². The molecule has 1 N–H and O–H groups in total. The van der Waals surface area contributed by atoms with E-state index in [9.17, 15) is 4.79 Å². The summed E-state index contributed by atoms with van der Waals surface area (Å²) in [6.07, 6.45) is 3.56. The van der Waals surface area contributed by atoms with Gasteiger partial charge in [-0.05, 0) is 41.9 Å². The van der Waals surface area contributed by atoms with Crippen LogP contribution in [0.3, 0.4) is 0 Å².